The molecule has 0 radical (unpaired) electrons. The lowest BCUT2D eigenvalue weighted by Gasteiger charge is -2.43. The Balaban J connectivity index is 1.20. The third-order valence-corrected chi connectivity index (χ3v) is 8.49. The summed E-state index contributed by atoms with van der Waals surface area (Å²) in [5.41, 5.74) is 1.83. The van der Waals surface area contributed by atoms with Gasteiger partial charge in [0.1, 0.15) is 12.1 Å². The third kappa shape index (κ3) is 5.04. The molecule has 0 saturated carbocycles. The Hall–Kier alpha value is -4.65. The van der Waals surface area contributed by atoms with Gasteiger partial charge < -0.3 is 20.0 Å². The highest BCUT2D eigenvalue weighted by atomic mass is 16.2. The maximum absolute atomic E-state index is 14.1. The number of benzene rings is 4. The van der Waals surface area contributed by atoms with Crippen molar-refractivity contribution in [2.24, 2.45) is 0 Å². The summed E-state index contributed by atoms with van der Waals surface area (Å²) >= 11 is 0. The van der Waals surface area contributed by atoms with E-state index in [0.717, 1.165) is 22.0 Å². The van der Waals surface area contributed by atoms with Crippen LogP contribution in [0.5, 0.6) is 0 Å². The van der Waals surface area contributed by atoms with E-state index in [0.29, 0.717) is 38.2 Å². The molecule has 1 N–H and O–H groups in total. The first kappa shape index (κ1) is 26.6. The zero-order valence-corrected chi connectivity index (χ0v) is 23.2. The number of hydrogen-bond acceptors (Lipinski definition) is 4. The van der Waals surface area contributed by atoms with E-state index in [-0.39, 0.29) is 30.3 Å². The van der Waals surface area contributed by atoms with Crippen LogP contribution in [0.1, 0.15) is 41.7 Å². The SMILES string of the molecule is CC(NC(=O)CN1CN(c2ccccc2)C2(CCN(C(=O)c3cccc4ccccc34)CC2)C1=O)c1ccccc1. The molecule has 208 valence electrons. The van der Waals surface area contributed by atoms with Gasteiger partial charge in [0.05, 0.1) is 12.7 Å². The summed E-state index contributed by atoms with van der Waals surface area (Å²) in [6.07, 6.45) is 0.992. The predicted octanol–water partition coefficient (Wildman–Crippen LogP) is 5.00. The molecule has 1 atom stereocenters. The molecular formula is C34H34N4O3. The van der Waals surface area contributed by atoms with Crippen molar-refractivity contribution in [3.05, 3.63) is 114 Å². The van der Waals surface area contributed by atoms with Crippen LogP contribution in [0.15, 0.2) is 103 Å². The van der Waals surface area contributed by atoms with Crippen molar-refractivity contribution in [2.45, 2.75) is 31.3 Å². The summed E-state index contributed by atoms with van der Waals surface area (Å²) in [4.78, 5) is 46.4. The molecule has 7 heteroatoms. The van der Waals surface area contributed by atoms with Gasteiger partial charge in [0, 0.05) is 24.3 Å². The molecule has 4 aromatic carbocycles. The third-order valence-electron chi connectivity index (χ3n) is 8.49. The molecule has 0 aromatic heterocycles. The molecule has 2 aliphatic heterocycles. The number of rotatable bonds is 6. The molecule has 4 aromatic rings. The van der Waals surface area contributed by atoms with Gasteiger partial charge >= 0.3 is 0 Å². The second kappa shape index (κ2) is 11.1. The van der Waals surface area contributed by atoms with Crippen molar-refractivity contribution in [1.82, 2.24) is 15.1 Å². The number of likely N-dealkylation sites (tertiary alicyclic amines) is 1. The summed E-state index contributed by atoms with van der Waals surface area (Å²) < 4.78 is 0. The van der Waals surface area contributed by atoms with Crippen molar-refractivity contribution in [2.75, 3.05) is 31.2 Å². The highest BCUT2D eigenvalue weighted by Gasteiger charge is 2.54. The molecule has 2 aliphatic rings. The fraction of sp³-hybridized carbons (Fsp3) is 0.265. The largest absolute Gasteiger partial charge is 0.348 e. The summed E-state index contributed by atoms with van der Waals surface area (Å²) in [7, 11) is 0. The first-order valence-electron chi connectivity index (χ1n) is 14.2. The molecule has 7 nitrogen and oxygen atoms in total. The average Bonchev–Trinajstić information content (AvgIpc) is 3.27. The second-order valence-electron chi connectivity index (χ2n) is 11.0. The first-order valence-corrected chi connectivity index (χ1v) is 14.2. The Morgan fingerprint density at radius 2 is 1.46 bits per heavy atom. The van der Waals surface area contributed by atoms with Crippen molar-refractivity contribution < 1.29 is 14.4 Å². The highest BCUT2D eigenvalue weighted by Crippen LogP contribution is 2.40. The lowest BCUT2D eigenvalue weighted by molar-refractivity contribution is -0.137. The Bertz CT molecular complexity index is 1560. The van der Waals surface area contributed by atoms with E-state index < -0.39 is 5.54 Å². The van der Waals surface area contributed by atoms with Gasteiger partial charge in [0.2, 0.25) is 5.91 Å². The fourth-order valence-electron chi connectivity index (χ4n) is 6.27. The summed E-state index contributed by atoms with van der Waals surface area (Å²) in [5, 5.41) is 5.01. The van der Waals surface area contributed by atoms with E-state index in [2.05, 4.69) is 10.2 Å². The van der Waals surface area contributed by atoms with Crippen molar-refractivity contribution >= 4 is 34.2 Å². The second-order valence-corrected chi connectivity index (χ2v) is 11.0. The number of nitrogens with zero attached hydrogens (tertiary/aromatic N) is 3. The lowest BCUT2D eigenvalue weighted by atomic mass is 9.85. The molecule has 1 spiro atoms. The molecule has 6 rings (SSSR count). The summed E-state index contributed by atoms with van der Waals surface area (Å²) in [6, 6.07) is 33.2. The standard InChI is InChI=1S/C34H34N4O3/c1-25(26-11-4-2-5-12-26)35-31(39)23-37-24-38(28-15-6-3-7-16-28)34(33(37)41)19-21-36(22-20-34)32(40)30-18-10-14-27-13-8-9-17-29(27)30/h2-18,25H,19-24H2,1H3,(H,35,39). The zero-order chi connectivity index (χ0) is 28.4. The molecule has 2 heterocycles. The maximum atomic E-state index is 14.1. The first-order chi connectivity index (χ1) is 20.0. The van der Waals surface area contributed by atoms with Crippen LogP contribution in [0.2, 0.25) is 0 Å². The van der Waals surface area contributed by atoms with Crippen LogP contribution in [0, 0.1) is 0 Å². The van der Waals surface area contributed by atoms with E-state index in [4.69, 9.17) is 0 Å². The van der Waals surface area contributed by atoms with E-state index in [1.165, 1.54) is 0 Å². The minimum atomic E-state index is -0.803. The number of para-hydroxylation sites is 1. The number of carbonyl (C=O) groups excluding carboxylic acids is 3. The van der Waals surface area contributed by atoms with Crippen LogP contribution in [0.25, 0.3) is 10.8 Å². The normalized spacial score (nSPS) is 17.2. The quantitative estimate of drug-likeness (QED) is 0.370. The van der Waals surface area contributed by atoms with Crippen LogP contribution < -0.4 is 10.2 Å². The monoisotopic (exact) mass is 546 g/mol. The van der Waals surface area contributed by atoms with Crippen LogP contribution >= 0.6 is 0 Å². The number of carbonyl (C=O) groups is 3. The van der Waals surface area contributed by atoms with Crippen molar-refractivity contribution in [3.63, 3.8) is 0 Å². The van der Waals surface area contributed by atoms with Gasteiger partial charge in [0.15, 0.2) is 0 Å². The molecule has 0 aliphatic carbocycles. The van der Waals surface area contributed by atoms with Gasteiger partial charge in [-0.3, -0.25) is 14.4 Å². The number of fused-ring (bicyclic) bond motifs is 1. The molecule has 0 bridgehead atoms. The number of anilines is 1. The van der Waals surface area contributed by atoms with Crippen molar-refractivity contribution in [1.29, 1.82) is 0 Å². The Morgan fingerprint density at radius 3 is 2.20 bits per heavy atom. The molecular weight excluding hydrogens is 512 g/mol. The smallest absolute Gasteiger partial charge is 0.254 e. The Kier molecular flexibility index (Phi) is 7.18. The topological polar surface area (TPSA) is 73.0 Å². The van der Waals surface area contributed by atoms with E-state index in [9.17, 15) is 14.4 Å². The van der Waals surface area contributed by atoms with Crippen LogP contribution in [-0.2, 0) is 9.59 Å². The molecule has 41 heavy (non-hydrogen) atoms. The zero-order valence-electron chi connectivity index (χ0n) is 23.2. The van der Waals surface area contributed by atoms with Gasteiger partial charge in [-0.25, -0.2) is 0 Å². The van der Waals surface area contributed by atoms with Gasteiger partial charge in [-0.15, -0.1) is 0 Å². The van der Waals surface area contributed by atoms with Gasteiger partial charge in [0.25, 0.3) is 11.8 Å². The number of amides is 3. The van der Waals surface area contributed by atoms with Crippen LogP contribution in [0.4, 0.5) is 5.69 Å². The molecule has 2 saturated heterocycles. The van der Waals surface area contributed by atoms with Crippen LogP contribution in [0.3, 0.4) is 0 Å². The predicted molar refractivity (Wildman–Crippen MR) is 160 cm³/mol. The summed E-state index contributed by atoms with van der Waals surface area (Å²) in [5.74, 6) is -0.260. The minimum Gasteiger partial charge on any atom is -0.348 e. The van der Waals surface area contributed by atoms with E-state index in [1.807, 2.05) is 115 Å². The van der Waals surface area contributed by atoms with Gasteiger partial charge in [-0.1, -0.05) is 84.9 Å². The Labute approximate surface area is 240 Å². The van der Waals surface area contributed by atoms with Crippen molar-refractivity contribution in [3.8, 4) is 0 Å². The lowest BCUT2D eigenvalue weighted by Crippen LogP contribution is -2.57. The number of nitrogens with one attached hydrogen (secondary N) is 1. The Morgan fingerprint density at radius 1 is 0.829 bits per heavy atom. The fourth-order valence-corrected chi connectivity index (χ4v) is 6.27. The molecule has 2 fully saturated rings. The summed E-state index contributed by atoms with van der Waals surface area (Å²) in [6.45, 7) is 3.18. The number of hydrogen-bond donors (Lipinski definition) is 1. The average molecular weight is 547 g/mol. The maximum Gasteiger partial charge on any atom is 0.254 e. The van der Waals surface area contributed by atoms with Gasteiger partial charge in [-0.05, 0) is 54.3 Å². The minimum absolute atomic E-state index is 0.0141. The highest BCUT2D eigenvalue weighted by molar-refractivity contribution is 6.07. The molecule has 1 unspecified atom stereocenters. The molecule has 3 amide bonds. The van der Waals surface area contributed by atoms with E-state index in [1.54, 1.807) is 4.90 Å². The van der Waals surface area contributed by atoms with E-state index >= 15 is 0 Å². The van der Waals surface area contributed by atoms with Gasteiger partial charge in [-0.2, -0.15) is 0 Å². The number of piperidine rings is 1. The van der Waals surface area contributed by atoms with Crippen LogP contribution in [-0.4, -0.2) is 59.4 Å².